The van der Waals surface area contributed by atoms with Crippen molar-refractivity contribution in [2.75, 3.05) is 11.9 Å². The maximum atomic E-state index is 5.75. The Balaban J connectivity index is 2.08. The molecule has 1 unspecified atom stereocenters. The Morgan fingerprint density at radius 3 is 2.81 bits per heavy atom. The van der Waals surface area contributed by atoms with Crippen molar-refractivity contribution in [3.05, 3.63) is 5.82 Å². The van der Waals surface area contributed by atoms with Gasteiger partial charge in [-0.15, -0.1) is 0 Å². The van der Waals surface area contributed by atoms with Gasteiger partial charge in [0.2, 0.25) is 5.13 Å². The largest absolute Gasteiger partial charge is 0.368 e. The SMILES string of the molecule is CCOC(C)(CC)c1nsc(NC2CC2)n1. The number of hydrogen-bond acceptors (Lipinski definition) is 5. The minimum absolute atomic E-state index is 0.339. The highest BCUT2D eigenvalue weighted by Crippen LogP contribution is 2.31. The fourth-order valence-electron chi connectivity index (χ4n) is 1.54. The molecule has 0 radical (unpaired) electrons. The van der Waals surface area contributed by atoms with Gasteiger partial charge in [-0.2, -0.15) is 4.37 Å². The number of hydrogen-bond donors (Lipinski definition) is 1. The first-order valence-corrected chi connectivity index (χ1v) is 6.70. The van der Waals surface area contributed by atoms with Crippen LogP contribution in [0.15, 0.2) is 0 Å². The molecule has 0 aliphatic heterocycles. The molecule has 5 heteroatoms. The predicted octanol–water partition coefficient (Wildman–Crippen LogP) is 2.77. The molecule has 1 aromatic rings. The predicted molar refractivity (Wildman–Crippen MR) is 65.8 cm³/mol. The summed E-state index contributed by atoms with van der Waals surface area (Å²) in [5.74, 6) is 0.810. The molecule has 1 aliphatic rings. The van der Waals surface area contributed by atoms with E-state index in [1.54, 1.807) is 0 Å². The van der Waals surface area contributed by atoms with Gasteiger partial charge < -0.3 is 10.1 Å². The molecule has 1 aromatic heterocycles. The highest BCUT2D eigenvalue weighted by atomic mass is 32.1. The van der Waals surface area contributed by atoms with Gasteiger partial charge in [-0.25, -0.2) is 4.98 Å². The Morgan fingerprint density at radius 1 is 1.50 bits per heavy atom. The summed E-state index contributed by atoms with van der Waals surface area (Å²) in [6, 6.07) is 0.626. The third-order valence-corrected chi connectivity index (χ3v) is 3.59. The van der Waals surface area contributed by atoms with Crippen molar-refractivity contribution >= 4 is 16.7 Å². The summed E-state index contributed by atoms with van der Waals surface area (Å²) in [5, 5.41) is 4.29. The third-order valence-electron chi connectivity index (χ3n) is 2.94. The Kier molecular flexibility index (Phi) is 3.44. The van der Waals surface area contributed by atoms with Crippen LogP contribution in [0.3, 0.4) is 0 Å². The number of rotatable bonds is 6. The van der Waals surface area contributed by atoms with E-state index in [1.807, 2.05) is 6.92 Å². The number of aromatic nitrogens is 2. The van der Waals surface area contributed by atoms with Crippen LogP contribution >= 0.6 is 11.5 Å². The van der Waals surface area contributed by atoms with E-state index >= 15 is 0 Å². The Morgan fingerprint density at radius 2 is 2.25 bits per heavy atom. The molecule has 0 spiro atoms. The molecule has 1 atom stereocenters. The Hall–Kier alpha value is -0.680. The van der Waals surface area contributed by atoms with Crippen molar-refractivity contribution in [3.63, 3.8) is 0 Å². The van der Waals surface area contributed by atoms with Crippen molar-refractivity contribution in [1.29, 1.82) is 0 Å². The van der Waals surface area contributed by atoms with Crippen molar-refractivity contribution in [2.24, 2.45) is 0 Å². The molecule has 90 valence electrons. The molecule has 2 rings (SSSR count). The van der Waals surface area contributed by atoms with Gasteiger partial charge in [0.1, 0.15) is 5.60 Å². The molecule has 1 fully saturated rings. The monoisotopic (exact) mass is 241 g/mol. The van der Waals surface area contributed by atoms with Crippen molar-refractivity contribution in [1.82, 2.24) is 9.36 Å². The topological polar surface area (TPSA) is 47.0 Å². The fraction of sp³-hybridized carbons (Fsp3) is 0.818. The van der Waals surface area contributed by atoms with Crippen LogP contribution in [0.1, 0.15) is 45.9 Å². The molecular formula is C11H19N3OS. The molecule has 0 amide bonds. The van der Waals surface area contributed by atoms with E-state index in [0.717, 1.165) is 17.4 Å². The smallest absolute Gasteiger partial charge is 0.202 e. The van der Waals surface area contributed by atoms with Gasteiger partial charge in [-0.3, -0.25) is 0 Å². The average molecular weight is 241 g/mol. The van der Waals surface area contributed by atoms with Gasteiger partial charge in [0.05, 0.1) is 0 Å². The molecule has 0 saturated heterocycles. The Bertz CT molecular complexity index is 351. The summed E-state index contributed by atoms with van der Waals surface area (Å²) in [6.45, 7) is 6.85. The zero-order valence-electron chi connectivity index (χ0n) is 10.1. The second-order valence-corrected chi connectivity index (χ2v) is 5.11. The zero-order chi connectivity index (χ0) is 11.6. The van der Waals surface area contributed by atoms with Crippen LogP contribution in [-0.2, 0) is 10.3 Å². The highest BCUT2D eigenvalue weighted by Gasteiger charge is 2.30. The van der Waals surface area contributed by atoms with E-state index in [2.05, 4.69) is 28.5 Å². The lowest BCUT2D eigenvalue weighted by Gasteiger charge is -2.24. The zero-order valence-corrected chi connectivity index (χ0v) is 10.9. The standard InChI is InChI=1S/C11H19N3OS/c1-4-11(3,15-5-2)9-13-10(16-14-9)12-8-6-7-8/h8H,4-7H2,1-3H3,(H,12,13,14). The van der Waals surface area contributed by atoms with Crippen LogP contribution in [0.4, 0.5) is 5.13 Å². The van der Waals surface area contributed by atoms with E-state index in [9.17, 15) is 0 Å². The molecular weight excluding hydrogens is 222 g/mol. The van der Waals surface area contributed by atoms with E-state index < -0.39 is 0 Å². The lowest BCUT2D eigenvalue weighted by molar-refractivity contribution is -0.0381. The number of nitrogens with zero attached hydrogens (tertiary/aromatic N) is 2. The van der Waals surface area contributed by atoms with Crippen LogP contribution < -0.4 is 5.32 Å². The number of ether oxygens (including phenoxy) is 1. The first-order valence-electron chi connectivity index (χ1n) is 5.92. The first-order chi connectivity index (χ1) is 7.68. The molecule has 1 N–H and O–H groups in total. The lowest BCUT2D eigenvalue weighted by atomic mass is 10.0. The maximum Gasteiger partial charge on any atom is 0.202 e. The second kappa shape index (κ2) is 4.67. The first kappa shape index (κ1) is 11.8. The van der Waals surface area contributed by atoms with Crippen LogP contribution in [0.2, 0.25) is 0 Å². The van der Waals surface area contributed by atoms with Crippen LogP contribution in [-0.4, -0.2) is 22.0 Å². The molecule has 0 aromatic carbocycles. The fourth-order valence-corrected chi connectivity index (χ4v) is 2.30. The molecule has 16 heavy (non-hydrogen) atoms. The number of anilines is 1. The van der Waals surface area contributed by atoms with Gasteiger partial charge in [-0.1, -0.05) is 6.92 Å². The maximum absolute atomic E-state index is 5.75. The summed E-state index contributed by atoms with van der Waals surface area (Å²) in [5.41, 5.74) is -0.339. The molecule has 0 bridgehead atoms. The van der Waals surface area contributed by atoms with Gasteiger partial charge in [0, 0.05) is 24.2 Å². The van der Waals surface area contributed by atoms with E-state index in [4.69, 9.17) is 4.74 Å². The minimum atomic E-state index is -0.339. The van der Waals surface area contributed by atoms with Gasteiger partial charge in [0.15, 0.2) is 5.82 Å². The summed E-state index contributed by atoms with van der Waals surface area (Å²) < 4.78 is 10.2. The van der Waals surface area contributed by atoms with E-state index in [1.165, 1.54) is 24.4 Å². The van der Waals surface area contributed by atoms with Crippen LogP contribution in [0.5, 0.6) is 0 Å². The summed E-state index contributed by atoms with van der Waals surface area (Å²) in [6.07, 6.45) is 3.40. The van der Waals surface area contributed by atoms with Crippen molar-refractivity contribution in [2.45, 2.75) is 51.7 Å². The second-order valence-electron chi connectivity index (χ2n) is 4.36. The van der Waals surface area contributed by atoms with E-state index in [-0.39, 0.29) is 5.60 Å². The summed E-state index contributed by atoms with van der Waals surface area (Å²) >= 11 is 1.43. The lowest BCUT2D eigenvalue weighted by Crippen LogP contribution is -2.26. The summed E-state index contributed by atoms with van der Waals surface area (Å²) in [4.78, 5) is 4.52. The third kappa shape index (κ3) is 2.52. The quantitative estimate of drug-likeness (QED) is 0.832. The van der Waals surface area contributed by atoms with Crippen LogP contribution in [0.25, 0.3) is 0 Å². The van der Waals surface area contributed by atoms with Gasteiger partial charge in [-0.05, 0) is 33.1 Å². The Labute approximate surface area is 101 Å². The normalized spacial score (nSPS) is 19.4. The molecule has 4 nitrogen and oxygen atoms in total. The van der Waals surface area contributed by atoms with Crippen LogP contribution in [0, 0.1) is 0 Å². The molecule has 1 aliphatic carbocycles. The van der Waals surface area contributed by atoms with Crippen molar-refractivity contribution < 1.29 is 4.74 Å². The minimum Gasteiger partial charge on any atom is -0.368 e. The van der Waals surface area contributed by atoms with Gasteiger partial charge in [0.25, 0.3) is 0 Å². The summed E-state index contributed by atoms with van der Waals surface area (Å²) in [7, 11) is 0. The molecule has 1 saturated carbocycles. The molecule has 1 heterocycles. The van der Waals surface area contributed by atoms with Gasteiger partial charge >= 0.3 is 0 Å². The number of nitrogens with one attached hydrogen (secondary N) is 1. The van der Waals surface area contributed by atoms with Crippen molar-refractivity contribution in [3.8, 4) is 0 Å². The highest BCUT2D eigenvalue weighted by molar-refractivity contribution is 7.09. The van der Waals surface area contributed by atoms with E-state index in [0.29, 0.717) is 12.6 Å². The average Bonchev–Trinajstić information content (AvgIpc) is 2.94.